The van der Waals surface area contributed by atoms with Crippen LogP contribution in [0.1, 0.15) is 26.0 Å². The van der Waals surface area contributed by atoms with Crippen molar-refractivity contribution in [3.8, 4) is 5.75 Å². The first-order valence-corrected chi connectivity index (χ1v) is 6.54. The Hall–Kier alpha value is -1.13. The summed E-state index contributed by atoms with van der Waals surface area (Å²) in [6.45, 7) is 6.84. The van der Waals surface area contributed by atoms with E-state index in [4.69, 9.17) is 4.74 Å². The largest absolute Gasteiger partial charge is 0.492 e. The fourth-order valence-electron chi connectivity index (χ4n) is 1.48. The number of aromatic nitrogens is 1. The molecule has 1 aromatic rings. The van der Waals surface area contributed by atoms with E-state index in [0.29, 0.717) is 6.04 Å². The molecule has 102 valence electrons. The molecular formula is C14H25N3O. The number of hydrogen-bond donors (Lipinski definition) is 1. The molecule has 1 N–H and O–H groups in total. The maximum atomic E-state index is 5.63. The SMILES string of the molecule is CC(C)NCc1ccc(OCCCN(C)C)cn1. The van der Waals surface area contributed by atoms with Gasteiger partial charge in [0.15, 0.2) is 0 Å². The smallest absolute Gasteiger partial charge is 0.137 e. The third kappa shape index (κ3) is 6.57. The number of ether oxygens (including phenoxy) is 1. The molecule has 4 heteroatoms. The Balaban J connectivity index is 2.27. The van der Waals surface area contributed by atoms with Crippen molar-refractivity contribution in [2.45, 2.75) is 32.9 Å². The minimum absolute atomic E-state index is 0.480. The summed E-state index contributed by atoms with van der Waals surface area (Å²) >= 11 is 0. The number of hydrogen-bond acceptors (Lipinski definition) is 4. The van der Waals surface area contributed by atoms with E-state index < -0.39 is 0 Å². The summed E-state index contributed by atoms with van der Waals surface area (Å²) in [6, 6.07) is 4.48. The lowest BCUT2D eigenvalue weighted by molar-refractivity contribution is 0.280. The van der Waals surface area contributed by atoms with Crippen LogP contribution in [0.4, 0.5) is 0 Å². The second-order valence-corrected chi connectivity index (χ2v) is 5.03. The zero-order valence-electron chi connectivity index (χ0n) is 11.9. The summed E-state index contributed by atoms with van der Waals surface area (Å²) < 4.78 is 5.63. The van der Waals surface area contributed by atoms with Crippen molar-refractivity contribution >= 4 is 0 Å². The van der Waals surface area contributed by atoms with Gasteiger partial charge in [0.1, 0.15) is 5.75 Å². The van der Waals surface area contributed by atoms with Crippen molar-refractivity contribution in [3.63, 3.8) is 0 Å². The molecule has 0 aromatic carbocycles. The first-order valence-electron chi connectivity index (χ1n) is 6.54. The Labute approximate surface area is 110 Å². The lowest BCUT2D eigenvalue weighted by atomic mass is 10.3. The van der Waals surface area contributed by atoms with Crippen molar-refractivity contribution < 1.29 is 4.74 Å². The first-order chi connectivity index (χ1) is 8.58. The lowest BCUT2D eigenvalue weighted by Crippen LogP contribution is -2.22. The Morgan fingerprint density at radius 2 is 2.11 bits per heavy atom. The summed E-state index contributed by atoms with van der Waals surface area (Å²) in [5, 5.41) is 3.34. The molecule has 1 rings (SSSR count). The van der Waals surface area contributed by atoms with Crippen LogP contribution in [0.3, 0.4) is 0 Å². The molecular weight excluding hydrogens is 226 g/mol. The summed E-state index contributed by atoms with van der Waals surface area (Å²) in [5.41, 5.74) is 1.05. The van der Waals surface area contributed by atoms with Crippen molar-refractivity contribution in [1.82, 2.24) is 15.2 Å². The third-order valence-electron chi connectivity index (χ3n) is 2.51. The van der Waals surface area contributed by atoms with Gasteiger partial charge >= 0.3 is 0 Å². The fraction of sp³-hybridized carbons (Fsp3) is 0.643. The fourth-order valence-corrected chi connectivity index (χ4v) is 1.48. The van der Waals surface area contributed by atoms with Gasteiger partial charge in [0, 0.05) is 19.1 Å². The van der Waals surface area contributed by atoms with Crippen LogP contribution in [-0.4, -0.2) is 43.2 Å². The Morgan fingerprint density at radius 3 is 2.67 bits per heavy atom. The van der Waals surface area contributed by atoms with E-state index in [1.54, 1.807) is 6.20 Å². The standard InChI is InChI=1S/C14H25N3O/c1-12(2)15-10-13-6-7-14(11-16-13)18-9-5-8-17(3)4/h6-7,11-12,15H,5,8-10H2,1-4H3. The minimum atomic E-state index is 0.480. The van der Waals surface area contributed by atoms with Crippen LogP contribution in [0, 0.1) is 0 Å². The highest BCUT2D eigenvalue weighted by atomic mass is 16.5. The number of rotatable bonds is 8. The summed E-state index contributed by atoms with van der Waals surface area (Å²) in [6.07, 6.45) is 2.83. The highest BCUT2D eigenvalue weighted by Crippen LogP contribution is 2.09. The van der Waals surface area contributed by atoms with Crippen LogP contribution in [-0.2, 0) is 6.54 Å². The van der Waals surface area contributed by atoms with Gasteiger partial charge in [0.2, 0.25) is 0 Å². The van der Waals surface area contributed by atoms with E-state index in [1.807, 2.05) is 12.1 Å². The molecule has 0 fully saturated rings. The maximum Gasteiger partial charge on any atom is 0.137 e. The second kappa shape index (κ2) is 8.06. The molecule has 0 saturated heterocycles. The molecule has 0 spiro atoms. The molecule has 0 aliphatic heterocycles. The molecule has 0 aliphatic rings. The van der Waals surface area contributed by atoms with E-state index in [0.717, 1.165) is 37.6 Å². The lowest BCUT2D eigenvalue weighted by Gasteiger charge is -2.11. The molecule has 0 unspecified atom stereocenters. The van der Waals surface area contributed by atoms with E-state index in [2.05, 4.69) is 43.1 Å². The Bertz CT molecular complexity index is 322. The normalized spacial score (nSPS) is 11.2. The molecule has 0 saturated carbocycles. The summed E-state index contributed by atoms with van der Waals surface area (Å²) in [5.74, 6) is 0.849. The molecule has 1 aromatic heterocycles. The van der Waals surface area contributed by atoms with Crippen molar-refractivity contribution in [1.29, 1.82) is 0 Å². The molecule has 0 aliphatic carbocycles. The first kappa shape index (κ1) is 14.9. The number of pyridine rings is 1. The van der Waals surface area contributed by atoms with E-state index in [-0.39, 0.29) is 0 Å². The van der Waals surface area contributed by atoms with Crippen LogP contribution < -0.4 is 10.1 Å². The van der Waals surface area contributed by atoms with E-state index in [9.17, 15) is 0 Å². The van der Waals surface area contributed by atoms with E-state index in [1.165, 1.54) is 0 Å². The van der Waals surface area contributed by atoms with Gasteiger partial charge in [-0.2, -0.15) is 0 Å². The van der Waals surface area contributed by atoms with Gasteiger partial charge < -0.3 is 15.0 Å². The topological polar surface area (TPSA) is 37.4 Å². The minimum Gasteiger partial charge on any atom is -0.492 e. The van der Waals surface area contributed by atoms with Gasteiger partial charge in [-0.3, -0.25) is 4.98 Å². The second-order valence-electron chi connectivity index (χ2n) is 5.03. The van der Waals surface area contributed by atoms with Crippen molar-refractivity contribution in [2.75, 3.05) is 27.2 Å². The predicted molar refractivity (Wildman–Crippen MR) is 74.9 cm³/mol. The summed E-state index contributed by atoms with van der Waals surface area (Å²) in [7, 11) is 4.14. The molecule has 0 radical (unpaired) electrons. The zero-order chi connectivity index (χ0) is 13.4. The van der Waals surface area contributed by atoms with Crippen LogP contribution in [0.15, 0.2) is 18.3 Å². The summed E-state index contributed by atoms with van der Waals surface area (Å²) in [4.78, 5) is 6.52. The van der Waals surface area contributed by atoms with Crippen LogP contribution in [0.25, 0.3) is 0 Å². The highest BCUT2D eigenvalue weighted by Gasteiger charge is 1.99. The quantitative estimate of drug-likeness (QED) is 0.716. The highest BCUT2D eigenvalue weighted by molar-refractivity contribution is 5.19. The number of nitrogens with zero attached hydrogens (tertiary/aromatic N) is 2. The molecule has 0 bridgehead atoms. The maximum absolute atomic E-state index is 5.63. The monoisotopic (exact) mass is 251 g/mol. The van der Waals surface area contributed by atoms with Gasteiger partial charge in [0.25, 0.3) is 0 Å². The van der Waals surface area contributed by atoms with Gasteiger partial charge in [-0.15, -0.1) is 0 Å². The molecule has 18 heavy (non-hydrogen) atoms. The zero-order valence-corrected chi connectivity index (χ0v) is 11.9. The Morgan fingerprint density at radius 1 is 1.33 bits per heavy atom. The van der Waals surface area contributed by atoms with Crippen LogP contribution >= 0.6 is 0 Å². The van der Waals surface area contributed by atoms with Crippen LogP contribution in [0.5, 0.6) is 5.75 Å². The van der Waals surface area contributed by atoms with E-state index >= 15 is 0 Å². The van der Waals surface area contributed by atoms with Gasteiger partial charge in [-0.05, 0) is 32.6 Å². The van der Waals surface area contributed by atoms with Crippen molar-refractivity contribution in [3.05, 3.63) is 24.0 Å². The number of nitrogens with one attached hydrogen (secondary N) is 1. The average Bonchev–Trinajstić information content (AvgIpc) is 2.33. The Kier molecular flexibility index (Phi) is 6.68. The molecule has 0 amide bonds. The van der Waals surface area contributed by atoms with Crippen molar-refractivity contribution in [2.24, 2.45) is 0 Å². The average molecular weight is 251 g/mol. The molecule has 0 atom stereocenters. The van der Waals surface area contributed by atoms with Gasteiger partial charge in [0.05, 0.1) is 18.5 Å². The third-order valence-corrected chi connectivity index (χ3v) is 2.51. The van der Waals surface area contributed by atoms with Crippen LogP contribution in [0.2, 0.25) is 0 Å². The van der Waals surface area contributed by atoms with Gasteiger partial charge in [-0.1, -0.05) is 13.8 Å². The predicted octanol–water partition coefficient (Wildman–Crippen LogP) is 1.91. The molecule has 4 nitrogen and oxygen atoms in total. The van der Waals surface area contributed by atoms with Gasteiger partial charge in [-0.25, -0.2) is 0 Å². The molecule has 1 heterocycles.